The van der Waals surface area contributed by atoms with Crippen LogP contribution in [0, 0.1) is 5.92 Å². The molecule has 0 aromatic rings. The van der Waals surface area contributed by atoms with Gasteiger partial charge in [-0.3, -0.25) is 4.79 Å². The Labute approximate surface area is 156 Å². The summed E-state index contributed by atoms with van der Waals surface area (Å²) in [4.78, 5) is 29.0. The van der Waals surface area contributed by atoms with E-state index in [4.69, 9.17) is 10.5 Å². The highest BCUT2D eigenvalue weighted by molar-refractivity contribution is 5.86. The summed E-state index contributed by atoms with van der Waals surface area (Å²) >= 11 is 0. The Hall–Kier alpha value is -1.34. The molecule has 3 aliphatic heterocycles. The number of nitrogens with one attached hydrogen (secondary N) is 1. The molecule has 0 saturated carbocycles. The van der Waals surface area contributed by atoms with Crippen molar-refractivity contribution in [2.75, 3.05) is 39.3 Å². The molecule has 148 valence electrons. The third-order valence-corrected chi connectivity index (χ3v) is 6.56. The van der Waals surface area contributed by atoms with Crippen LogP contribution in [0.5, 0.6) is 0 Å². The van der Waals surface area contributed by atoms with Gasteiger partial charge in [0.15, 0.2) is 0 Å². The van der Waals surface area contributed by atoms with Gasteiger partial charge < -0.3 is 25.6 Å². The van der Waals surface area contributed by atoms with Crippen molar-refractivity contribution >= 4 is 12.0 Å². The second kappa shape index (κ2) is 7.72. The lowest BCUT2D eigenvalue weighted by Crippen LogP contribution is -2.62. The van der Waals surface area contributed by atoms with Crippen LogP contribution in [0.1, 0.15) is 52.4 Å². The highest BCUT2D eigenvalue weighted by atomic mass is 16.6. The lowest BCUT2D eigenvalue weighted by molar-refractivity contribution is -0.141. The number of nitrogens with zero attached hydrogens (tertiary/aromatic N) is 2. The molecular formula is C19H34N4O3. The second-order valence-electron chi connectivity index (χ2n) is 8.31. The summed E-state index contributed by atoms with van der Waals surface area (Å²) in [5.74, 6) is 0.587. The zero-order valence-corrected chi connectivity index (χ0v) is 16.3. The van der Waals surface area contributed by atoms with E-state index in [0.29, 0.717) is 51.2 Å². The molecule has 0 atom stereocenters. The lowest BCUT2D eigenvalue weighted by Gasteiger charge is -2.42. The molecule has 3 fully saturated rings. The molecule has 0 aromatic heterocycles. The average molecular weight is 367 g/mol. The minimum atomic E-state index is -0.733. The molecule has 0 unspecified atom stereocenters. The SMILES string of the molecule is CCC(CC)CN1CC2(CCN(C(=O)C3(N)CCNCC3)CC2)OC1=O. The maximum absolute atomic E-state index is 12.9. The lowest BCUT2D eigenvalue weighted by atomic mass is 9.85. The van der Waals surface area contributed by atoms with Crippen LogP contribution in [0.15, 0.2) is 0 Å². The Morgan fingerprint density at radius 2 is 1.81 bits per heavy atom. The number of rotatable bonds is 5. The summed E-state index contributed by atoms with van der Waals surface area (Å²) in [6.45, 7) is 8.59. The molecule has 26 heavy (non-hydrogen) atoms. The van der Waals surface area contributed by atoms with Crippen LogP contribution in [0.4, 0.5) is 4.79 Å². The number of hydrogen-bond acceptors (Lipinski definition) is 5. The fourth-order valence-corrected chi connectivity index (χ4v) is 4.47. The van der Waals surface area contributed by atoms with Gasteiger partial charge in [-0.25, -0.2) is 4.79 Å². The molecule has 3 rings (SSSR count). The molecule has 0 bridgehead atoms. The van der Waals surface area contributed by atoms with Gasteiger partial charge in [0.05, 0.1) is 12.1 Å². The monoisotopic (exact) mass is 366 g/mol. The van der Waals surface area contributed by atoms with E-state index in [2.05, 4.69) is 19.2 Å². The first-order valence-corrected chi connectivity index (χ1v) is 10.2. The van der Waals surface area contributed by atoms with Crippen LogP contribution in [0.25, 0.3) is 0 Å². The Bertz CT molecular complexity index is 521. The van der Waals surface area contributed by atoms with Crippen molar-refractivity contribution in [2.24, 2.45) is 11.7 Å². The number of carbonyl (C=O) groups is 2. The van der Waals surface area contributed by atoms with Gasteiger partial charge in [0.1, 0.15) is 5.60 Å². The summed E-state index contributed by atoms with van der Waals surface area (Å²) in [7, 11) is 0. The average Bonchev–Trinajstić information content (AvgIpc) is 2.95. The van der Waals surface area contributed by atoms with E-state index in [1.165, 1.54) is 0 Å². The first-order valence-electron chi connectivity index (χ1n) is 10.2. The minimum Gasteiger partial charge on any atom is -0.441 e. The number of ether oxygens (including phenoxy) is 1. The highest BCUT2D eigenvalue weighted by Gasteiger charge is 2.49. The van der Waals surface area contributed by atoms with E-state index in [0.717, 1.165) is 32.5 Å². The van der Waals surface area contributed by atoms with E-state index in [9.17, 15) is 9.59 Å². The molecule has 0 aliphatic carbocycles. The van der Waals surface area contributed by atoms with Gasteiger partial charge in [-0.05, 0) is 31.8 Å². The van der Waals surface area contributed by atoms with Gasteiger partial charge in [0, 0.05) is 32.5 Å². The second-order valence-corrected chi connectivity index (χ2v) is 8.31. The zero-order chi connectivity index (χ0) is 18.8. The molecule has 0 aromatic carbocycles. The predicted octanol–water partition coefficient (Wildman–Crippen LogP) is 1.32. The zero-order valence-electron chi connectivity index (χ0n) is 16.3. The molecule has 3 saturated heterocycles. The molecule has 7 nitrogen and oxygen atoms in total. The van der Waals surface area contributed by atoms with Crippen molar-refractivity contribution in [1.29, 1.82) is 0 Å². The van der Waals surface area contributed by atoms with Gasteiger partial charge in [-0.2, -0.15) is 0 Å². The van der Waals surface area contributed by atoms with Crippen molar-refractivity contribution in [3.8, 4) is 0 Å². The molecular weight excluding hydrogens is 332 g/mol. The quantitative estimate of drug-likeness (QED) is 0.766. The first kappa shape index (κ1) is 19.4. The minimum absolute atomic E-state index is 0.0621. The largest absolute Gasteiger partial charge is 0.441 e. The van der Waals surface area contributed by atoms with Crippen molar-refractivity contribution in [1.82, 2.24) is 15.1 Å². The molecule has 3 heterocycles. The third-order valence-electron chi connectivity index (χ3n) is 6.56. The van der Waals surface area contributed by atoms with Gasteiger partial charge in [-0.15, -0.1) is 0 Å². The third kappa shape index (κ3) is 3.83. The van der Waals surface area contributed by atoms with E-state index < -0.39 is 11.1 Å². The fourth-order valence-electron chi connectivity index (χ4n) is 4.47. The Morgan fingerprint density at radius 3 is 2.38 bits per heavy atom. The predicted molar refractivity (Wildman–Crippen MR) is 99.7 cm³/mol. The molecule has 3 aliphatic rings. The molecule has 2 amide bonds. The van der Waals surface area contributed by atoms with E-state index in [1.54, 1.807) is 0 Å². The van der Waals surface area contributed by atoms with Crippen LogP contribution in [-0.4, -0.2) is 72.2 Å². The topological polar surface area (TPSA) is 87.9 Å². The van der Waals surface area contributed by atoms with Crippen molar-refractivity contribution in [3.05, 3.63) is 0 Å². The first-order chi connectivity index (χ1) is 12.4. The summed E-state index contributed by atoms with van der Waals surface area (Å²) < 4.78 is 5.80. The summed E-state index contributed by atoms with van der Waals surface area (Å²) in [5, 5.41) is 3.26. The normalized spacial score (nSPS) is 25.0. The van der Waals surface area contributed by atoms with E-state index >= 15 is 0 Å². The molecule has 1 spiro atoms. The molecule has 7 heteroatoms. The Balaban J connectivity index is 1.56. The number of piperidine rings is 2. The summed E-state index contributed by atoms with van der Waals surface area (Å²) in [6.07, 6.45) is 4.74. The van der Waals surface area contributed by atoms with Gasteiger partial charge >= 0.3 is 6.09 Å². The van der Waals surface area contributed by atoms with E-state index in [-0.39, 0.29) is 12.0 Å². The smallest absolute Gasteiger partial charge is 0.410 e. The summed E-state index contributed by atoms with van der Waals surface area (Å²) in [6, 6.07) is 0. The number of nitrogens with two attached hydrogens (primary N) is 1. The summed E-state index contributed by atoms with van der Waals surface area (Å²) in [5.41, 5.74) is 5.23. The standard InChI is InChI=1S/C19H34N4O3/c1-3-15(4-2)13-23-14-18(26-17(23)25)7-11-22(12-8-18)16(24)19(20)5-9-21-10-6-19/h15,21H,3-14,20H2,1-2H3. The number of hydrogen-bond donors (Lipinski definition) is 2. The van der Waals surface area contributed by atoms with Crippen molar-refractivity contribution < 1.29 is 14.3 Å². The van der Waals surface area contributed by atoms with Gasteiger partial charge in [-0.1, -0.05) is 26.7 Å². The maximum Gasteiger partial charge on any atom is 0.410 e. The Morgan fingerprint density at radius 1 is 1.19 bits per heavy atom. The molecule has 3 N–H and O–H groups in total. The fraction of sp³-hybridized carbons (Fsp3) is 0.895. The van der Waals surface area contributed by atoms with Gasteiger partial charge in [0.2, 0.25) is 5.91 Å². The van der Waals surface area contributed by atoms with Crippen LogP contribution in [-0.2, 0) is 9.53 Å². The van der Waals surface area contributed by atoms with Crippen LogP contribution in [0.3, 0.4) is 0 Å². The van der Waals surface area contributed by atoms with Crippen molar-refractivity contribution in [2.45, 2.75) is 63.5 Å². The van der Waals surface area contributed by atoms with Crippen LogP contribution in [0.2, 0.25) is 0 Å². The van der Waals surface area contributed by atoms with Crippen LogP contribution >= 0.6 is 0 Å². The maximum atomic E-state index is 12.9. The van der Waals surface area contributed by atoms with E-state index in [1.807, 2.05) is 9.80 Å². The number of amides is 2. The number of likely N-dealkylation sites (tertiary alicyclic amines) is 1. The molecule has 0 radical (unpaired) electrons. The van der Waals surface area contributed by atoms with Gasteiger partial charge in [0.25, 0.3) is 0 Å². The highest BCUT2D eigenvalue weighted by Crippen LogP contribution is 2.35. The van der Waals surface area contributed by atoms with Crippen molar-refractivity contribution in [3.63, 3.8) is 0 Å². The Kier molecular flexibility index (Phi) is 5.77. The van der Waals surface area contributed by atoms with Crippen LogP contribution < -0.4 is 11.1 Å². The number of carbonyl (C=O) groups excluding carboxylic acids is 2.